The van der Waals surface area contributed by atoms with Gasteiger partial charge in [-0.1, -0.05) is 31.1 Å². The Morgan fingerprint density at radius 1 is 1.04 bits per heavy atom. The van der Waals surface area contributed by atoms with Gasteiger partial charge in [-0.05, 0) is 56.6 Å². The van der Waals surface area contributed by atoms with Crippen LogP contribution in [0.4, 0.5) is 13.2 Å². The first-order chi connectivity index (χ1) is 11.4. The third-order valence-electron chi connectivity index (χ3n) is 4.92. The van der Waals surface area contributed by atoms with Crippen LogP contribution in [0.3, 0.4) is 0 Å². The molecule has 2 nitrogen and oxygen atoms in total. The zero-order valence-corrected chi connectivity index (χ0v) is 13.9. The van der Waals surface area contributed by atoms with Crippen molar-refractivity contribution < 1.29 is 22.6 Å². The summed E-state index contributed by atoms with van der Waals surface area (Å²) in [5.41, 5.74) is 1.22. The fourth-order valence-corrected chi connectivity index (χ4v) is 3.26. The second-order valence-electron chi connectivity index (χ2n) is 6.73. The molecule has 5 heteroatoms. The van der Waals surface area contributed by atoms with Crippen molar-refractivity contribution in [2.45, 2.75) is 64.3 Å². The van der Waals surface area contributed by atoms with Crippen molar-refractivity contribution in [2.24, 2.45) is 5.92 Å². The van der Waals surface area contributed by atoms with Crippen LogP contribution < -0.4 is 9.47 Å². The van der Waals surface area contributed by atoms with Crippen LogP contribution in [-0.2, 0) is 0 Å². The van der Waals surface area contributed by atoms with E-state index in [-0.39, 0.29) is 17.6 Å². The van der Waals surface area contributed by atoms with E-state index < -0.39 is 6.36 Å². The number of hydrogen-bond acceptors (Lipinski definition) is 2. The summed E-state index contributed by atoms with van der Waals surface area (Å²) in [6.07, 6.45) is 6.89. The Kier molecular flexibility index (Phi) is 5.07. The molecule has 1 aromatic carbocycles. The van der Waals surface area contributed by atoms with E-state index in [1.54, 1.807) is 13.0 Å². The Hall–Kier alpha value is -1.65. The van der Waals surface area contributed by atoms with Crippen molar-refractivity contribution in [1.29, 1.82) is 0 Å². The molecular weight excluding hydrogens is 317 g/mol. The maximum atomic E-state index is 12.8. The predicted octanol–water partition coefficient (Wildman–Crippen LogP) is 6.03. The fourth-order valence-electron chi connectivity index (χ4n) is 3.26. The second-order valence-corrected chi connectivity index (χ2v) is 6.73. The quantitative estimate of drug-likeness (QED) is 0.652. The Morgan fingerprint density at radius 2 is 1.75 bits per heavy atom. The summed E-state index contributed by atoms with van der Waals surface area (Å²) in [6, 6.07) is 3.42. The first-order valence-electron chi connectivity index (χ1n) is 8.66. The van der Waals surface area contributed by atoms with Crippen LogP contribution in [0.15, 0.2) is 18.2 Å². The van der Waals surface area contributed by atoms with E-state index in [4.69, 9.17) is 4.74 Å². The highest BCUT2D eigenvalue weighted by atomic mass is 19.4. The van der Waals surface area contributed by atoms with Crippen LogP contribution in [0, 0.1) is 12.8 Å². The van der Waals surface area contributed by atoms with Gasteiger partial charge < -0.3 is 9.47 Å². The van der Waals surface area contributed by atoms with Gasteiger partial charge >= 0.3 is 6.36 Å². The Labute approximate surface area is 140 Å². The highest BCUT2D eigenvalue weighted by Crippen LogP contribution is 2.40. The van der Waals surface area contributed by atoms with Gasteiger partial charge in [0.15, 0.2) is 11.5 Å². The number of alkyl halides is 3. The zero-order valence-electron chi connectivity index (χ0n) is 13.9. The van der Waals surface area contributed by atoms with E-state index in [0.717, 1.165) is 37.7 Å². The van der Waals surface area contributed by atoms with Crippen molar-refractivity contribution in [3.05, 3.63) is 29.3 Å². The standard InChI is InChI=1S/C19H23F3O2/c1-13-15(10-9-14-5-2-3-6-14)11-12-17(23-16-7-4-8-16)18(13)24-19(20,21)22/h9-12,14,16H,2-8H2,1H3/b10-9+. The minimum absolute atomic E-state index is 0.000125. The lowest BCUT2D eigenvalue weighted by Crippen LogP contribution is -2.26. The third-order valence-corrected chi connectivity index (χ3v) is 4.92. The molecule has 0 spiro atoms. The molecule has 2 aliphatic rings. The van der Waals surface area contributed by atoms with Gasteiger partial charge in [-0.2, -0.15) is 0 Å². The van der Waals surface area contributed by atoms with Crippen molar-refractivity contribution in [3.8, 4) is 11.5 Å². The fraction of sp³-hybridized carbons (Fsp3) is 0.579. The van der Waals surface area contributed by atoms with E-state index in [9.17, 15) is 13.2 Å². The SMILES string of the molecule is Cc1c(/C=C/C2CCCC2)ccc(OC2CCC2)c1OC(F)(F)F. The summed E-state index contributed by atoms with van der Waals surface area (Å²) >= 11 is 0. The maximum Gasteiger partial charge on any atom is 0.573 e. The molecule has 0 saturated heterocycles. The summed E-state index contributed by atoms with van der Waals surface area (Å²) in [7, 11) is 0. The van der Waals surface area contributed by atoms with Crippen LogP contribution in [0.5, 0.6) is 11.5 Å². The highest BCUT2D eigenvalue weighted by molar-refractivity contribution is 5.62. The topological polar surface area (TPSA) is 18.5 Å². The molecule has 0 aliphatic heterocycles. The summed E-state index contributed by atoms with van der Waals surface area (Å²) in [6.45, 7) is 1.66. The molecular formula is C19H23F3O2. The lowest BCUT2D eigenvalue weighted by molar-refractivity contribution is -0.275. The van der Waals surface area contributed by atoms with Crippen LogP contribution >= 0.6 is 0 Å². The maximum absolute atomic E-state index is 12.8. The first-order valence-corrected chi connectivity index (χ1v) is 8.66. The molecule has 2 aliphatic carbocycles. The first kappa shape index (κ1) is 17.2. The lowest BCUT2D eigenvalue weighted by atomic mass is 9.96. The van der Waals surface area contributed by atoms with Gasteiger partial charge in [0.05, 0.1) is 6.10 Å². The van der Waals surface area contributed by atoms with Gasteiger partial charge in [-0.3, -0.25) is 0 Å². The largest absolute Gasteiger partial charge is 0.573 e. The second kappa shape index (κ2) is 7.08. The number of benzene rings is 1. The van der Waals surface area contributed by atoms with Gasteiger partial charge in [0, 0.05) is 5.56 Å². The molecule has 0 atom stereocenters. The minimum Gasteiger partial charge on any atom is -0.487 e. The molecule has 2 saturated carbocycles. The van der Waals surface area contributed by atoms with Crippen molar-refractivity contribution in [2.75, 3.05) is 0 Å². The lowest BCUT2D eigenvalue weighted by Gasteiger charge is -2.28. The number of halogens is 3. The van der Waals surface area contributed by atoms with Crippen LogP contribution in [0.1, 0.15) is 56.1 Å². The Balaban J connectivity index is 1.85. The van der Waals surface area contributed by atoms with E-state index in [1.807, 2.05) is 12.1 Å². The van der Waals surface area contributed by atoms with Gasteiger partial charge in [-0.25, -0.2) is 0 Å². The third kappa shape index (κ3) is 4.25. The Bertz CT molecular complexity index is 597. The summed E-state index contributed by atoms with van der Waals surface area (Å²) in [5.74, 6) is 0.512. The number of allylic oxidation sites excluding steroid dienone is 1. The van der Waals surface area contributed by atoms with Gasteiger partial charge in [0.1, 0.15) is 0 Å². The summed E-state index contributed by atoms with van der Waals surface area (Å²) in [4.78, 5) is 0. The highest BCUT2D eigenvalue weighted by Gasteiger charge is 2.34. The number of rotatable bonds is 5. The average Bonchev–Trinajstić information content (AvgIpc) is 2.97. The van der Waals surface area contributed by atoms with Gasteiger partial charge in [0.2, 0.25) is 0 Å². The molecule has 1 aromatic rings. The van der Waals surface area contributed by atoms with Gasteiger partial charge in [0.25, 0.3) is 0 Å². The van der Waals surface area contributed by atoms with E-state index in [1.165, 1.54) is 12.8 Å². The molecule has 0 amide bonds. The monoisotopic (exact) mass is 340 g/mol. The number of hydrogen-bond donors (Lipinski definition) is 0. The Morgan fingerprint density at radius 3 is 2.33 bits per heavy atom. The van der Waals surface area contributed by atoms with E-state index in [2.05, 4.69) is 10.8 Å². The van der Waals surface area contributed by atoms with Gasteiger partial charge in [-0.15, -0.1) is 13.2 Å². The van der Waals surface area contributed by atoms with Crippen molar-refractivity contribution in [1.82, 2.24) is 0 Å². The molecule has 2 fully saturated rings. The average molecular weight is 340 g/mol. The molecule has 0 bridgehead atoms. The van der Waals surface area contributed by atoms with Crippen LogP contribution in [0.25, 0.3) is 6.08 Å². The zero-order chi connectivity index (χ0) is 17.2. The molecule has 0 N–H and O–H groups in total. The molecule has 0 heterocycles. The van der Waals surface area contributed by atoms with Crippen molar-refractivity contribution in [3.63, 3.8) is 0 Å². The molecule has 0 radical (unpaired) electrons. The van der Waals surface area contributed by atoms with E-state index in [0.29, 0.717) is 11.5 Å². The van der Waals surface area contributed by atoms with Crippen LogP contribution in [-0.4, -0.2) is 12.5 Å². The van der Waals surface area contributed by atoms with Crippen molar-refractivity contribution >= 4 is 6.08 Å². The molecule has 0 aromatic heterocycles. The summed E-state index contributed by atoms with van der Waals surface area (Å²) in [5, 5.41) is 0. The molecule has 24 heavy (non-hydrogen) atoms. The minimum atomic E-state index is -4.73. The normalized spacial score (nSPS) is 19.7. The van der Waals surface area contributed by atoms with E-state index >= 15 is 0 Å². The number of ether oxygens (including phenoxy) is 2. The molecule has 3 rings (SSSR count). The molecule has 0 unspecified atom stereocenters. The van der Waals surface area contributed by atoms with Crippen LogP contribution in [0.2, 0.25) is 0 Å². The smallest absolute Gasteiger partial charge is 0.487 e. The molecule has 132 valence electrons. The predicted molar refractivity (Wildman–Crippen MR) is 87.1 cm³/mol. The summed E-state index contributed by atoms with van der Waals surface area (Å²) < 4.78 is 48.4.